The van der Waals surface area contributed by atoms with Crippen LogP contribution in [0.15, 0.2) is 10.9 Å². The fourth-order valence-electron chi connectivity index (χ4n) is 3.06. The second kappa shape index (κ2) is 7.23. The van der Waals surface area contributed by atoms with Gasteiger partial charge in [0, 0.05) is 43.9 Å². The van der Waals surface area contributed by atoms with Crippen LogP contribution in [0.5, 0.6) is 0 Å². The smallest absolute Gasteiger partial charge is 0.255 e. The third-order valence-electron chi connectivity index (χ3n) is 4.18. The number of fused-ring (bicyclic) bond motifs is 1. The summed E-state index contributed by atoms with van der Waals surface area (Å²) in [6, 6.07) is 2.14. The van der Waals surface area contributed by atoms with Crippen molar-refractivity contribution in [1.82, 2.24) is 14.8 Å². The van der Waals surface area contributed by atoms with Crippen molar-refractivity contribution in [3.05, 3.63) is 33.2 Å². The van der Waals surface area contributed by atoms with Gasteiger partial charge in [-0.3, -0.25) is 9.69 Å². The highest BCUT2D eigenvalue weighted by atomic mass is 16.1. The maximum absolute atomic E-state index is 12.7. The molecule has 0 spiro atoms. The fraction of sp³-hybridized carbons (Fsp3) is 0.706. The summed E-state index contributed by atoms with van der Waals surface area (Å²) in [7, 11) is 0. The van der Waals surface area contributed by atoms with Crippen LogP contribution in [0, 0.1) is 5.92 Å². The van der Waals surface area contributed by atoms with Gasteiger partial charge in [-0.15, -0.1) is 0 Å². The Kier molecular flexibility index (Phi) is 5.59. The van der Waals surface area contributed by atoms with Crippen molar-refractivity contribution < 1.29 is 0 Å². The average Bonchev–Trinajstić information content (AvgIpc) is 2.47. The zero-order valence-electron chi connectivity index (χ0n) is 13.9. The number of hydrogen-bond donors (Lipinski definition) is 1. The van der Waals surface area contributed by atoms with Crippen molar-refractivity contribution in [2.45, 2.75) is 53.8 Å². The SMILES string of the molecule is CCNCc1cc2c(n(CC(C)C)c1=O)CCN(CC)C2. The van der Waals surface area contributed by atoms with E-state index < -0.39 is 0 Å². The average molecular weight is 291 g/mol. The predicted octanol–water partition coefficient (Wildman–Crippen LogP) is 1.99. The molecular weight excluding hydrogens is 262 g/mol. The summed E-state index contributed by atoms with van der Waals surface area (Å²) in [5, 5.41) is 3.29. The Morgan fingerprint density at radius 1 is 1.33 bits per heavy atom. The third kappa shape index (κ3) is 3.74. The van der Waals surface area contributed by atoms with Gasteiger partial charge >= 0.3 is 0 Å². The Bertz CT molecular complexity index is 534. The zero-order valence-corrected chi connectivity index (χ0v) is 13.9. The molecule has 1 aromatic heterocycles. The molecule has 0 bridgehead atoms. The van der Waals surface area contributed by atoms with Crippen molar-refractivity contribution in [3.63, 3.8) is 0 Å². The molecule has 2 heterocycles. The van der Waals surface area contributed by atoms with Crippen molar-refractivity contribution in [1.29, 1.82) is 0 Å². The molecule has 0 aliphatic carbocycles. The molecular formula is C17H29N3O. The van der Waals surface area contributed by atoms with E-state index in [4.69, 9.17) is 0 Å². The van der Waals surface area contributed by atoms with E-state index in [0.717, 1.165) is 44.7 Å². The lowest BCUT2D eigenvalue weighted by atomic mass is 10.0. The molecule has 4 nitrogen and oxygen atoms in total. The molecule has 2 rings (SSSR count). The van der Waals surface area contributed by atoms with Crippen molar-refractivity contribution in [2.75, 3.05) is 19.6 Å². The number of nitrogens with zero attached hydrogens (tertiary/aromatic N) is 2. The number of hydrogen-bond acceptors (Lipinski definition) is 3. The maximum atomic E-state index is 12.7. The van der Waals surface area contributed by atoms with E-state index in [-0.39, 0.29) is 5.56 Å². The van der Waals surface area contributed by atoms with Crippen LogP contribution in [-0.4, -0.2) is 29.1 Å². The summed E-state index contributed by atoms with van der Waals surface area (Å²) < 4.78 is 2.04. The van der Waals surface area contributed by atoms with Crippen LogP contribution in [0.4, 0.5) is 0 Å². The molecule has 0 aromatic carbocycles. The molecule has 4 heteroatoms. The van der Waals surface area contributed by atoms with Crippen molar-refractivity contribution in [3.8, 4) is 0 Å². The molecule has 0 radical (unpaired) electrons. The van der Waals surface area contributed by atoms with Crippen LogP contribution < -0.4 is 10.9 Å². The fourth-order valence-corrected chi connectivity index (χ4v) is 3.06. The molecule has 0 fully saturated rings. The van der Waals surface area contributed by atoms with Gasteiger partial charge in [0.2, 0.25) is 0 Å². The summed E-state index contributed by atoms with van der Waals surface area (Å²) in [6.07, 6.45) is 0.993. The topological polar surface area (TPSA) is 37.3 Å². The maximum Gasteiger partial charge on any atom is 0.255 e. The van der Waals surface area contributed by atoms with E-state index in [9.17, 15) is 4.79 Å². The first-order valence-corrected chi connectivity index (χ1v) is 8.24. The summed E-state index contributed by atoms with van der Waals surface area (Å²) in [5.41, 5.74) is 3.72. The standard InChI is InChI=1S/C17H29N3O/c1-5-18-10-14-9-15-12-19(6-2)8-7-16(15)20(17(14)21)11-13(3)4/h9,13,18H,5-8,10-12H2,1-4H3. The minimum atomic E-state index is 0.202. The van der Waals surface area contributed by atoms with Crippen molar-refractivity contribution >= 4 is 0 Å². The lowest BCUT2D eigenvalue weighted by molar-refractivity contribution is 0.260. The molecule has 0 atom stereocenters. The first-order valence-electron chi connectivity index (χ1n) is 8.24. The number of rotatable bonds is 6. The third-order valence-corrected chi connectivity index (χ3v) is 4.18. The van der Waals surface area contributed by atoms with Crippen LogP contribution in [0.3, 0.4) is 0 Å². The van der Waals surface area contributed by atoms with Crippen LogP contribution in [0.2, 0.25) is 0 Å². The van der Waals surface area contributed by atoms with Crippen molar-refractivity contribution in [2.24, 2.45) is 5.92 Å². The summed E-state index contributed by atoms with van der Waals surface area (Å²) in [5.74, 6) is 0.491. The molecule has 0 amide bonds. The zero-order chi connectivity index (χ0) is 15.4. The summed E-state index contributed by atoms with van der Waals surface area (Å²) >= 11 is 0. The van der Waals surface area contributed by atoms with Crippen LogP contribution in [0.1, 0.15) is 44.5 Å². The highest BCUT2D eigenvalue weighted by Gasteiger charge is 2.21. The van der Waals surface area contributed by atoms with Crippen LogP contribution in [0.25, 0.3) is 0 Å². The van der Waals surface area contributed by atoms with E-state index in [1.54, 1.807) is 0 Å². The first kappa shape index (κ1) is 16.2. The number of likely N-dealkylation sites (N-methyl/N-ethyl adjacent to an activating group) is 1. The molecule has 1 aromatic rings. The predicted molar refractivity (Wildman–Crippen MR) is 87.6 cm³/mol. The summed E-state index contributed by atoms with van der Waals surface area (Å²) in [4.78, 5) is 15.2. The Labute approximate surface area is 128 Å². The van der Waals surface area contributed by atoms with Gasteiger partial charge in [-0.1, -0.05) is 27.7 Å². The molecule has 0 saturated heterocycles. The number of nitrogens with one attached hydrogen (secondary N) is 1. The largest absolute Gasteiger partial charge is 0.313 e. The molecule has 118 valence electrons. The Morgan fingerprint density at radius 2 is 2.10 bits per heavy atom. The highest BCUT2D eigenvalue weighted by molar-refractivity contribution is 5.29. The normalized spacial score (nSPS) is 15.5. The lowest BCUT2D eigenvalue weighted by Gasteiger charge is -2.30. The Balaban J connectivity index is 2.43. The Hall–Kier alpha value is -1.13. The van der Waals surface area contributed by atoms with Gasteiger partial charge in [-0.25, -0.2) is 0 Å². The van der Waals surface area contributed by atoms with E-state index in [1.807, 2.05) is 4.57 Å². The second-order valence-corrected chi connectivity index (χ2v) is 6.35. The number of pyridine rings is 1. The van der Waals surface area contributed by atoms with E-state index in [2.05, 4.69) is 44.0 Å². The highest BCUT2D eigenvalue weighted by Crippen LogP contribution is 2.19. The van der Waals surface area contributed by atoms with Gasteiger partial charge in [-0.05, 0) is 30.6 Å². The van der Waals surface area contributed by atoms with E-state index >= 15 is 0 Å². The Morgan fingerprint density at radius 3 is 2.71 bits per heavy atom. The molecule has 1 N–H and O–H groups in total. The molecule has 0 unspecified atom stereocenters. The monoisotopic (exact) mass is 291 g/mol. The molecule has 0 saturated carbocycles. The summed E-state index contributed by atoms with van der Waals surface area (Å²) in [6.45, 7) is 14.1. The van der Waals surface area contributed by atoms with Crippen LogP contribution >= 0.6 is 0 Å². The van der Waals surface area contributed by atoms with Gasteiger partial charge in [0.05, 0.1) is 0 Å². The molecule has 1 aliphatic heterocycles. The number of aromatic nitrogens is 1. The molecule has 21 heavy (non-hydrogen) atoms. The lowest BCUT2D eigenvalue weighted by Crippen LogP contribution is -2.38. The van der Waals surface area contributed by atoms with E-state index in [0.29, 0.717) is 12.5 Å². The van der Waals surface area contributed by atoms with Crippen LogP contribution in [-0.2, 0) is 26.1 Å². The van der Waals surface area contributed by atoms with Gasteiger partial charge in [0.15, 0.2) is 0 Å². The van der Waals surface area contributed by atoms with Gasteiger partial charge < -0.3 is 9.88 Å². The minimum absolute atomic E-state index is 0.202. The van der Waals surface area contributed by atoms with Gasteiger partial charge in [0.25, 0.3) is 5.56 Å². The molecule has 1 aliphatic rings. The minimum Gasteiger partial charge on any atom is -0.313 e. The van der Waals surface area contributed by atoms with Gasteiger partial charge in [-0.2, -0.15) is 0 Å². The van der Waals surface area contributed by atoms with Gasteiger partial charge in [0.1, 0.15) is 0 Å². The second-order valence-electron chi connectivity index (χ2n) is 6.35. The quantitative estimate of drug-likeness (QED) is 0.871. The first-order chi connectivity index (χ1) is 10.1. The van der Waals surface area contributed by atoms with E-state index in [1.165, 1.54) is 11.3 Å².